The molecule has 2 aliphatic heterocycles. The van der Waals surface area contributed by atoms with Crippen molar-refractivity contribution in [2.75, 3.05) is 49.6 Å². The van der Waals surface area contributed by atoms with Crippen LogP contribution in [0.25, 0.3) is 11.0 Å². The number of nitro groups is 1. The van der Waals surface area contributed by atoms with Crippen LogP contribution in [0, 0.1) is 33.8 Å². The molecule has 66 heavy (non-hydrogen) atoms. The molecular weight excluding hydrogens is 857 g/mol. The molecule has 5 aliphatic rings. The molecule has 5 aromatic rings. The zero-order chi connectivity index (χ0) is 45.8. The van der Waals surface area contributed by atoms with E-state index in [1.54, 1.807) is 30.6 Å². The molecule has 2 saturated heterocycles. The lowest BCUT2D eigenvalue weighted by Gasteiger charge is -2.57. The van der Waals surface area contributed by atoms with E-state index in [9.17, 15) is 23.3 Å². The molecule has 0 radical (unpaired) electrons. The molecule has 1 spiro atoms. The average molecular weight is 917 g/mol. The predicted molar refractivity (Wildman–Crippen MR) is 253 cm³/mol. The minimum Gasteiger partial charge on any atom is -0.455 e. The Hall–Kier alpha value is -5.58. The molecule has 348 valence electrons. The molecule has 2 aromatic carbocycles. The summed E-state index contributed by atoms with van der Waals surface area (Å²) in [4.78, 5) is 42.2. The third-order valence-electron chi connectivity index (χ3n) is 15.2. The number of nitrogens with one attached hydrogen (secondary N) is 3. The largest absolute Gasteiger partial charge is 0.455 e. The van der Waals surface area contributed by atoms with Crippen molar-refractivity contribution in [3.05, 3.63) is 106 Å². The van der Waals surface area contributed by atoms with Gasteiger partial charge in [-0.25, -0.2) is 23.1 Å². The molecule has 15 nitrogen and oxygen atoms in total. The Kier molecular flexibility index (Phi) is 11.8. The Morgan fingerprint density at radius 1 is 0.985 bits per heavy atom. The summed E-state index contributed by atoms with van der Waals surface area (Å²) in [6.07, 6.45) is 14.4. The van der Waals surface area contributed by atoms with Crippen LogP contribution in [0.1, 0.15) is 117 Å². The van der Waals surface area contributed by atoms with Gasteiger partial charge in [0.05, 0.1) is 41.6 Å². The summed E-state index contributed by atoms with van der Waals surface area (Å²) < 4.78 is 42.5. The highest BCUT2D eigenvalue weighted by atomic mass is 32.2. The quantitative estimate of drug-likeness (QED) is 0.0752. The van der Waals surface area contributed by atoms with Gasteiger partial charge in [0.1, 0.15) is 22.0 Å². The molecule has 3 aliphatic carbocycles. The number of morpholine rings is 1. The number of pyridine rings is 2. The first kappa shape index (κ1) is 44.3. The van der Waals surface area contributed by atoms with Gasteiger partial charge in [0.2, 0.25) is 5.82 Å². The number of hydrogen-bond acceptors (Lipinski definition) is 12. The number of piperidine rings is 1. The summed E-state index contributed by atoms with van der Waals surface area (Å²) in [7, 11) is -4.63. The molecule has 3 aromatic heterocycles. The van der Waals surface area contributed by atoms with E-state index in [-0.39, 0.29) is 33.7 Å². The van der Waals surface area contributed by atoms with Gasteiger partial charge >= 0.3 is 5.69 Å². The van der Waals surface area contributed by atoms with Crippen LogP contribution in [-0.4, -0.2) is 84.5 Å². The lowest BCUT2D eigenvalue weighted by atomic mass is 9.59. The van der Waals surface area contributed by atoms with Crippen LogP contribution in [0.15, 0.2) is 78.0 Å². The number of nitrogens with zero attached hydrogens (tertiary/aromatic N) is 5. The Balaban J connectivity index is 0.846. The van der Waals surface area contributed by atoms with E-state index in [2.05, 4.69) is 72.9 Å². The maximum atomic E-state index is 14.1. The summed E-state index contributed by atoms with van der Waals surface area (Å²) in [6, 6.07) is 19.6. The van der Waals surface area contributed by atoms with Crippen LogP contribution in [0.3, 0.4) is 0 Å². The van der Waals surface area contributed by atoms with Crippen LogP contribution in [-0.2, 0) is 14.8 Å². The standard InChI is InChI=1S/C50H60N8O7S/c1-32-45(26-42(58(60)61)47(54-32)52-29-33-12-15-49(2,3)16-13-33)66(62,63)55-48(59)41-11-10-36(25-44(41)65-38-24-35-14-19-51-46(35)53-30-38)56-20-17-50(18-21-56)27-37(28-50)57-22-23-64-31-43(57)40-7-5-4-6-39(40)34-8-9-34/h4-7,10-11,14,19,24-26,30,33-34,37,43H,8-9,12-13,15-18,20-23,27-29,31H2,1-3H3,(H,51,53)(H,52,54)(H,55,59)/t43-/m1/s1. The van der Waals surface area contributed by atoms with E-state index < -0.39 is 31.4 Å². The molecule has 1 atom stereocenters. The Morgan fingerprint density at radius 3 is 2.48 bits per heavy atom. The van der Waals surface area contributed by atoms with Crippen molar-refractivity contribution in [2.24, 2.45) is 16.7 Å². The maximum Gasteiger partial charge on any atom is 0.312 e. The summed E-state index contributed by atoms with van der Waals surface area (Å²) in [6.45, 7) is 10.6. The number of anilines is 2. The predicted octanol–water partition coefficient (Wildman–Crippen LogP) is 9.41. The second kappa shape index (κ2) is 17.6. The summed E-state index contributed by atoms with van der Waals surface area (Å²) in [5.41, 5.74) is 4.53. The van der Waals surface area contributed by atoms with Gasteiger partial charge in [0.25, 0.3) is 15.9 Å². The van der Waals surface area contributed by atoms with Gasteiger partial charge < -0.3 is 24.7 Å². The van der Waals surface area contributed by atoms with Crippen molar-refractivity contribution in [1.82, 2.24) is 24.6 Å². The Morgan fingerprint density at radius 2 is 1.74 bits per heavy atom. The minimum absolute atomic E-state index is 0.00341. The van der Waals surface area contributed by atoms with Crippen LogP contribution >= 0.6 is 0 Å². The van der Waals surface area contributed by atoms with Crippen molar-refractivity contribution in [1.29, 1.82) is 0 Å². The highest BCUT2D eigenvalue weighted by molar-refractivity contribution is 7.90. The molecule has 10 rings (SSSR count). The number of amides is 1. The number of hydrogen-bond donors (Lipinski definition) is 3. The van der Waals surface area contributed by atoms with Gasteiger partial charge in [-0.2, -0.15) is 0 Å². The number of carbonyl (C=O) groups is 1. The zero-order valence-electron chi connectivity index (χ0n) is 38.1. The number of aromatic amines is 1. The van der Waals surface area contributed by atoms with Gasteiger partial charge in [-0.1, -0.05) is 38.1 Å². The summed E-state index contributed by atoms with van der Waals surface area (Å²) in [5, 5.41) is 16.2. The van der Waals surface area contributed by atoms with E-state index in [1.165, 1.54) is 30.9 Å². The topological polar surface area (TPSA) is 185 Å². The molecule has 5 heterocycles. The second-order valence-electron chi connectivity index (χ2n) is 20.3. The van der Waals surface area contributed by atoms with E-state index in [4.69, 9.17) is 9.47 Å². The number of rotatable bonds is 13. The zero-order valence-corrected chi connectivity index (χ0v) is 38.9. The van der Waals surface area contributed by atoms with Crippen molar-refractivity contribution < 1.29 is 27.6 Å². The van der Waals surface area contributed by atoms with Crippen molar-refractivity contribution >= 4 is 44.2 Å². The first-order chi connectivity index (χ1) is 31.7. The minimum atomic E-state index is -4.63. The fraction of sp³-hybridized carbons (Fsp3) is 0.500. The highest BCUT2D eigenvalue weighted by Crippen LogP contribution is 2.54. The summed E-state index contributed by atoms with van der Waals surface area (Å²) in [5.74, 6) is 0.581. The third-order valence-corrected chi connectivity index (χ3v) is 16.7. The van der Waals surface area contributed by atoms with Gasteiger partial charge in [-0.15, -0.1) is 0 Å². The van der Waals surface area contributed by atoms with E-state index in [0.29, 0.717) is 41.9 Å². The fourth-order valence-corrected chi connectivity index (χ4v) is 12.2. The Bertz CT molecular complexity index is 2750. The van der Waals surface area contributed by atoms with Gasteiger partial charge in [-0.05, 0) is 129 Å². The molecule has 0 bridgehead atoms. The number of aryl methyl sites for hydroxylation is 1. The average Bonchev–Trinajstić information content (AvgIpc) is 4.04. The molecule has 1 amide bonds. The molecule has 3 saturated carbocycles. The monoisotopic (exact) mass is 916 g/mol. The number of carbonyl (C=O) groups excluding carboxylic acids is 1. The van der Waals surface area contributed by atoms with Crippen LogP contribution in [0.2, 0.25) is 0 Å². The van der Waals surface area contributed by atoms with Crippen molar-refractivity contribution in [3.63, 3.8) is 0 Å². The van der Waals surface area contributed by atoms with Crippen molar-refractivity contribution in [3.8, 4) is 11.5 Å². The number of benzene rings is 2. The number of aromatic nitrogens is 3. The van der Waals surface area contributed by atoms with E-state index in [1.807, 2.05) is 12.1 Å². The van der Waals surface area contributed by atoms with Crippen LogP contribution < -0.4 is 19.7 Å². The number of fused-ring (bicyclic) bond motifs is 1. The lowest BCUT2D eigenvalue weighted by molar-refractivity contribution is -0.384. The smallest absolute Gasteiger partial charge is 0.312 e. The van der Waals surface area contributed by atoms with Crippen molar-refractivity contribution in [2.45, 2.75) is 108 Å². The molecule has 0 unspecified atom stereocenters. The number of ether oxygens (including phenoxy) is 2. The van der Waals surface area contributed by atoms with E-state index in [0.717, 1.165) is 101 Å². The second-order valence-corrected chi connectivity index (χ2v) is 21.9. The number of H-pyrrole nitrogens is 1. The summed E-state index contributed by atoms with van der Waals surface area (Å²) >= 11 is 0. The number of sulfonamides is 1. The van der Waals surface area contributed by atoms with Gasteiger partial charge in [0, 0.05) is 61.6 Å². The van der Waals surface area contributed by atoms with E-state index >= 15 is 0 Å². The van der Waals surface area contributed by atoms with Crippen LogP contribution in [0.5, 0.6) is 11.5 Å². The fourth-order valence-electron chi connectivity index (χ4n) is 11.1. The maximum absolute atomic E-state index is 14.1. The lowest BCUT2D eigenvalue weighted by Crippen LogP contribution is -2.58. The highest BCUT2D eigenvalue weighted by Gasteiger charge is 2.50. The third kappa shape index (κ3) is 9.11. The molecular formula is C50H60N8O7S. The van der Waals surface area contributed by atoms with Gasteiger partial charge in [-0.3, -0.25) is 19.8 Å². The molecule has 3 N–H and O–H groups in total. The first-order valence-electron chi connectivity index (χ1n) is 23.6. The first-order valence-corrected chi connectivity index (χ1v) is 25.1. The Labute approximate surface area is 386 Å². The molecule has 5 fully saturated rings. The van der Waals surface area contributed by atoms with Crippen LogP contribution in [0.4, 0.5) is 17.2 Å². The molecule has 16 heteroatoms. The normalized spacial score (nSPS) is 21.4. The van der Waals surface area contributed by atoms with Gasteiger partial charge in [0.15, 0.2) is 0 Å². The SMILES string of the molecule is Cc1nc(NCC2CCC(C)(C)CC2)c([N+](=O)[O-])cc1S(=O)(=O)NC(=O)c1ccc(N2CCC3(CC2)CC(N2CCOC[C@@H]2c2ccccc2C2CC2)C3)cc1Oc1cnc2[nH]ccc2c1.